The number of nitrogens with zero attached hydrogens (tertiary/aromatic N) is 1. The van der Waals surface area contributed by atoms with Crippen molar-refractivity contribution in [3.63, 3.8) is 0 Å². The van der Waals surface area contributed by atoms with E-state index in [9.17, 15) is 8.42 Å². The van der Waals surface area contributed by atoms with Crippen molar-refractivity contribution in [3.8, 4) is 0 Å². The van der Waals surface area contributed by atoms with Crippen LogP contribution in [0, 0.1) is 4.77 Å². The molecule has 0 bridgehead atoms. The predicted molar refractivity (Wildman–Crippen MR) is 70.2 cm³/mol. The van der Waals surface area contributed by atoms with E-state index in [-0.39, 0.29) is 11.6 Å². The summed E-state index contributed by atoms with van der Waals surface area (Å²) in [5.41, 5.74) is 6.36. The molecule has 0 aliphatic carbocycles. The minimum atomic E-state index is -4.06. The molecule has 0 aromatic carbocycles. The Labute approximate surface area is 107 Å². The van der Waals surface area contributed by atoms with E-state index in [1.807, 2.05) is 0 Å². The lowest BCUT2D eigenvalue weighted by Crippen LogP contribution is -2.16. The molecular formula is C7H12N4O3S3. The molecule has 0 aliphatic rings. The minimum Gasteiger partial charge on any atom is -0.387 e. The third-order valence-electron chi connectivity index (χ3n) is 1.70. The van der Waals surface area contributed by atoms with E-state index in [0.717, 1.165) is 5.69 Å². The van der Waals surface area contributed by atoms with Gasteiger partial charge in [0.15, 0.2) is 4.77 Å². The molecule has 0 radical (unpaired) electrons. The first kappa shape index (κ1) is 14.2. The first-order chi connectivity index (χ1) is 7.87. The summed E-state index contributed by atoms with van der Waals surface area (Å²) in [5.74, 6) is 0.115. The zero-order valence-electron chi connectivity index (χ0n) is 8.71. The summed E-state index contributed by atoms with van der Waals surface area (Å²) in [6.45, 7) is 0.418. The quantitative estimate of drug-likeness (QED) is 0.199. The van der Waals surface area contributed by atoms with Gasteiger partial charge in [0, 0.05) is 35.7 Å². The van der Waals surface area contributed by atoms with Gasteiger partial charge < -0.3 is 15.7 Å². The highest BCUT2D eigenvalue weighted by atomic mass is 33.1. The Kier molecular flexibility index (Phi) is 5.18. The molecule has 5 N–H and O–H groups in total. The number of amidine groups is 1. The topological polar surface area (TPSA) is 124 Å². The molecule has 0 atom stereocenters. The number of hydrogen-bond acceptors (Lipinski definition) is 5. The maximum atomic E-state index is 10.4. The first-order valence-electron chi connectivity index (χ1n) is 4.54. The monoisotopic (exact) mass is 296 g/mol. The molecule has 1 aromatic heterocycles. The smallest absolute Gasteiger partial charge is 0.320 e. The molecule has 1 rings (SSSR count). The van der Waals surface area contributed by atoms with Gasteiger partial charge in [-0.25, -0.2) is 0 Å². The molecule has 17 heavy (non-hydrogen) atoms. The SMILES string of the molecule is NC(CSS(=O)(=O)O)=NCCc1c[nH]c(=S)[nH]1. The van der Waals surface area contributed by atoms with Crippen LogP contribution in [0.1, 0.15) is 5.69 Å². The average molecular weight is 296 g/mol. The molecule has 10 heteroatoms. The minimum absolute atomic E-state index is 0.0536. The van der Waals surface area contributed by atoms with Crippen LogP contribution in [0.5, 0.6) is 0 Å². The highest BCUT2D eigenvalue weighted by molar-refractivity contribution is 8.70. The van der Waals surface area contributed by atoms with E-state index in [1.54, 1.807) is 6.20 Å². The number of nitrogens with one attached hydrogen (secondary N) is 2. The Bertz CT molecular complexity index is 545. The number of H-pyrrole nitrogens is 2. The molecule has 0 unspecified atom stereocenters. The standard InChI is InChI=1S/C7H12N4O3S3/c8-6(4-16-17(12,13)14)9-2-1-5-3-10-7(15)11-5/h3H,1-2,4H2,(H2,8,9)(H2,10,11,15)(H,12,13,14). The fraction of sp³-hybridized carbons (Fsp3) is 0.429. The molecule has 0 aliphatic heterocycles. The fourth-order valence-electron chi connectivity index (χ4n) is 1.01. The Morgan fingerprint density at radius 2 is 2.35 bits per heavy atom. The van der Waals surface area contributed by atoms with Crippen molar-refractivity contribution in [2.75, 3.05) is 12.3 Å². The van der Waals surface area contributed by atoms with Gasteiger partial charge in [0.2, 0.25) is 0 Å². The summed E-state index contributed by atoms with van der Waals surface area (Å²) in [7, 11) is -3.73. The summed E-state index contributed by atoms with van der Waals surface area (Å²) in [4.78, 5) is 9.69. The fourth-order valence-corrected chi connectivity index (χ4v) is 2.37. The Morgan fingerprint density at radius 3 is 2.88 bits per heavy atom. The Morgan fingerprint density at radius 1 is 1.65 bits per heavy atom. The lowest BCUT2D eigenvalue weighted by molar-refractivity contribution is 0.503. The largest absolute Gasteiger partial charge is 0.387 e. The van der Waals surface area contributed by atoms with Crippen LogP contribution in [0.25, 0.3) is 0 Å². The maximum absolute atomic E-state index is 10.4. The zero-order valence-corrected chi connectivity index (χ0v) is 11.2. The van der Waals surface area contributed by atoms with E-state index in [2.05, 4.69) is 15.0 Å². The third kappa shape index (κ3) is 6.46. The highest BCUT2D eigenvalue weighted by Gasteiger charge is 2.06. The second kappa shape index (κ2) is 6.19. The van der Waals surface area contributed by atoms with Crippen LogP contribution in [-0.4, -0.2) is 41.1 Å². The van der Waals surface area contributed by atoms with E-state index in [1.165, 1.54) is 0 Å². The van der Waals surface area contributed by atoms with Crippen LogP contribution in [0.3, 0.4) is 0 Å². The van der Waals surface area contributed by atoms with E-state index in [0.29, 0.717) is 28.5 Å². The van der Waals surface area contributed by atoms with Crippen molar-refractivity contribution in [2.45, 2.75) is 6.42 Å². The van der Waals surface area contributed by atoms with Gasteiger partial charge in [-0.1, -0.05) is 0 Å². The van der Waals surface area contributed by atoms with Crippen LogP contribution in [0.15, 0.2) is 11.2 Å². The summed E-state index contributed by atoms with van der Waals surface area (Å²) in [5, 5.41) is 0. The van der Waals surface area contributed by atoms with Crippen LogP contribution < -0.4 is 5.73 Å². The molecular weight excluding hydrogens is 284 g/mol. The van der Waals surface area contributed by atoms with Crippen molar-refractivity contribution < 1.29 is 13.0 Å². The third-order valence-corrected chi connectivity index (χ3v) is 3.88. The summed E-state index contributed by atoms with van der Waals surface area (Å²) < 4.78 is 29.9. The van der Waals surface area contributed by atoms with Gasteiger partial charge in [0.25, 0.3) is 0 Å². The summed E-state index contributed by atoms with van der Waals surface area (Å²) >= 11 is 4.85. The normalized spacial score (nSPS) is 12.9. The van der Waals surface area contributed by atoms with Crippen molar-refractivity contribution in [3.05, 3.63) is 16.7 Å². The van der Waals surface area contributed by atoms with Crippen molar-refractivity contribution in [1.29, 1.82) is 0 Å². The molecule has 0 fully saturated rings. The van der Waals surface area contributed by atoms with Crippen molar-refractivity contribution >= 4 is 38.0 Å². The van der Waals surface area contributed by atoms with Crippen molar-refractivity contribution in [2.24, 2.45) is 10.7 Å². The lowest BCUT2D eigenvalue weighted by Gasteiger charge is -1.98. The molecule has 1 aromatic rings. The van der Waals surface area contributed by atoms with E-state index >= 15 is 0 Å². The molecule has 0 saturated heterocycles. The summed E-state index contributed by atoms with van der Waals surface area (Å²) in [6.07, 6.45) is 2.35. The van der Waals surface area contributed by atoms with Gasteiger partial charge in [0.05, 0.1) is 5.75 Å². The molecule has 7 nitrogen and oxygen atoms in total. The van der Waals surface area contributed by atoms with E-state index < -0.39 is 9.15 Å². The molecule has 0 saturated carbocycles. The molecule has 0 spiro atoms. The highest BCUT2D eigenvalue weighted by Crippen LogP contribution is 2.07. The second-order valence-electron chi connectivity index (χ2n) is 3.08. The van der Waals surface area contributed by atoms with Crippen LogP contribution in [-0.2, 0) is 15.6 Å². The van der Waals surface area contributed by atoms with Gasteiger partial charge in [0.1, 0.15) is 5.84 Å². The van der Waals surface area contributed by atoms with Crippen LogP contribution in [0.4, 0.5) is 0 Å². The first-order valence-corrected chi connectivity index (χ1v) is 7.89. The van der Waals surface area contributed by atoms with Gasteiger partial charge in [-0.15, -0.1) is 0 Å². The Balaban J connectivity index is 2.36. The number of imidazole rings is 1. The molecule has 96 valence electrons. The number of rotatable bonds is 6. The van der Waals surface area contributed by atoms with E-state index in [4.69, 9.17) is 22.5 Å². The predicted octanol–water partition coefficient (Wildman–Crippen LogP) is 0.508. The Hall–Kier alpha value is -0.840. The lowest BCUT2D eigenvalue weighted by atomic mass is 10.3. The zero-order chi connectivity index (χ0) is 12.9. The number of aliphatic imine (C=N–C) groups is 1. The van der Waals surface area contributed by atoms with Gasteiger partial charge in [-0.3, -0.25) is 9.55 Å². The number of hydrogen-bond donors (Lipinski definition) is 4. The number of nitrogens with two attached hydrogens (primary N) is 1. The number of aromatic amines is 2. The summed E-state index contributed by atoms with van der Waals surface area (Å²) in [6, 6.07) is 0. The second-order valence-corrected chi connectivity index (χ2v) is 6.84. The number of aromatic nitrogens is 2. The van der Waals surface area contributed by atoms with Gasteiger partial charge >= 0.3 is 9.15 Å². The average Bonchev–Trinajstić information content (AvgIpc) is 2.60. The maximum Gasteiger partial charge on any atom is 0.320 e. The van der Waals surface area contributed by atoms with Crippen molar-refractivity contribution in [1.82, 2.24) is 9.97 Å². The van der Waals surface area contributed by atoms with Crippen LogP contribution >= 0.6 is 23.0 Å². The van der Waals surface area contributed by atoms with Gasteiger partial charge in [-0.2, -0.15) is 8.42 Å². The van der Waals surface area contributed by atoms with Crippen LogP contribution in [0.2, 0.25) is 0 Å². The molecule has 0 amide bonds. The van der Waals surface area contributed by atoms with Gasteiger partial charge in [-0.05, 0) is 12.2 Å². The molecule has 1 heterocycles.